The molecule has 2 rings (SSSR count). The summed E-state index contributed by atoms with van der Waals surface area (Å²) in [5.74, 6) is -0.496. The summed E-state index contributed by atoms with van der Waals surface area (Å²) in [7, 11) is 1.31. The van der Waals surface area contributed by atoms with Gasteiger partial charge >= 0.3 is 12.1 Å². The van der Waals surface area contributed by atoms with E-state index in [4.69, 9.17) is 18.9 Å². The van der Waals surface area contributed by atoms with E-state index in [9.17, 15) is 9.59 Å². The van der Waals surface area contributed by atoms with Gasteiger partial charge in [-0.15, -0.1) is 0 Å². The maximum atomic E-state index is 12.5. The van der Waals surface area contributed by atoms with Crippen molar-refractivity contribution in [2.24, 2.45) is 0 Å². The molecule has 1 amide bonds. The predicted molar refractivity (Wildman–Crippen MR) is 113 cm³/mol. The third kappa shape index (κ3) is 8.97. The monoisotopic (exact) mass is 419 g/mol. The lowest BCUT2D eigenvalue weighted by atomic mass is 10.0. The zero-order valence-electron chi connectivity index (χ0n) is 18.3. The van der Waals surface area contributed by atoms with Crippen LogP contribution in [0, 0.1) is 0 Å². The number of benzene rings is 1. The van der Waals surface area contributed by atoms with Crippen molar-refractivity contribution < 1.29 is 28.5 Å². The Morgan fingerprint density at radius 1 is 1.23 bits per heavy atom. The van der Waals surface area contributed by atoms with Gasteiger partial charge in [0.05, 0.1) is 19.3 Å². The van der Waals surface area contributed by atoms with Gasteiger partial charge in [0.15, 0.2) is 6.29 Å². The van der Waals surface area contributed by atoms with Crippen LogP contribution in [-0.2, 0) is 30.2 Å². The predicted octanol–water partition coefficient (Wildman–Crippen LogP) is 3.76. The van der Waals surface area contributed by atoms with Crippen LogP contribution >= 0.6 is 0 Å². The van der Waals surface area contributed by atoms with E-state index in [1.54, 1.807) is 26.8 Å². The minimum atomic E-state index is -0.633. The summed E-state index contributed by atoms with van der Waals surface area (Å²) in [4.78, 5) is 24.2. The lowest BCUT2D eigenvalue weighted by Crippen LogP contribution is -2.48. The van der Waals surface area contributed by atoms with Crippen LogP contribution in [0.15, 0.2) is 42.5 Å². The highest BCUT2D eigenvalue weighted by Crippen LogP contribution is 2.20. The number of carbonyl (C=O) groups is 2. The number of amides is 1. The van der Waals surface area contributed by atoms with Gasteiger partial charge < -0.3 is 24.3 Å². The molecular weight excluding hydrogens is 386 g/mol. The molecule has 166 valence electrons. The zero-order chi connectivity index (χ0) is 22.0. The number of alkyl carbamates (subject to hydrolysis) is 1. The molecule has 1 N–H and O–H groups in total. The Hall–Kier alpha value is -2.38. The first-order valence-corrected chi connectivity index (χ1v) is 10.3. The van der Waals surface area contributed by atoms with Crippen molar-refractivity contribution in [2.45, 2.75) is 70.5 Å². The second-order valence-electron chi connectivity index (χ2n) is 8.22. The molecule has 1 aliphatic heterocycles. The Morgan fingerprint density at radius 3 is 2.57 bits per heavy atom. The van der Waals surface area contributed by atoms with Crippen molar-refractivity contribution in [1.82, 2.24) is 5.32 Å². The Kier molecular flexibility index (Phi) is 9.33. The molecule has 1 heterocycles. The van der Waals surface area contributed by atoms with Crippen LogP contribution in [0.1, 0.15) is 45.6 Å². The van der Waals surface area contributed by atoms with Gasteiger partial charge in [-0.05, 0) is 58.1 Å². The summed E-state index contributed by atoms with van der Waals surface area (Å²) in [6, 6.07) is 9.27. The van der Waals surface area contributed by atoms with E-state index >= 15 is 0 Å². The summed E-state index contributed by atoms with van der Waals surface area (Å²) >= 11 is 0. The highest BCUT2D eigenvalue weighted by atomic mass is 16.7. The number of methoxy groups -OCH3 is 1. The van der Waals surface area contributed by atoms with Crippen LogP contribution in [-0.4, -0.2) is 49.8 Å². The molecule has 0 saturated carbocycles. The summed E-state index contributed by atoms with van der Waals surface area (Å²) in [6.07, 6.45) is 4.60. The molecular formula is C23H33NO6. The molecule has 1 aromatic carbocycles. The van der Waals surface area contributed by atoms with Crippen molar-refractivity contribution in [1.29, 1.82) is 0 Å². The molecule has 1 unspecified atom stereocenters. The van der Waals surface area contributed by atoms with Crippen molar-refractivity contribution in [3.05, 3.63) is 48.0 Å². The van der Waals surface area contributed by atoms with Gasteiger partial charge in [0.2, 0.25) is 0 Å². The third-order valence-electron chi connectivity index (χ3n) is 4.47. The van der Waals surface area contributed by atoms with E-state index in [1.165, 1.54) is 13.2 Å². The molecule has 0 spiro atoms. The van der Waals surface area contributed by atoms with E-state index in [0.29, 0.717) is 13.0 Å². The summed E-state index contributed by atoms with van der Waals surface area (Å²) in [6.45, 7) is 6.04. The summed E-state index contributed by atoms with van der Waals surface area (Å²) < 4.78 is 22.0. The molecule has 1 saturated heterocycles. The second-order valence-corrected chi connectivity index (χ2v) is 8.22. The minimum Gasteiger partial charge on any atom is -0.466 e. The van der Waals surface area contributed by atoms with Gasteiger partial charge in [-0.3, -0.25) is 0 Å². The van der Waals surface area contributed by atoms with Crippen molar-refractivity contribution in [3.63, 3.8) is 0 Å². The van der Waals surface area contributed by atoms with Crippen LogP contribution in [0.25, 0.3) is 0 Å². The highest BCUT2D eigenvalue weighted by molar-refractivity contribution is 5.81. The van der Waals surface area contributed by atoms with Crippen LogP contribution < -0.4 is 5.32 Å². The number of carbonyl (C=O) groups excluding carboxylic acids is 2. The van der Waals surface area contributed by atoms with E-state index in [0.717, 1.165) is 24.8 Å². The zero-order valence-corrected chi connectivity index (χ0v) is 18.3. The lowest BCUT2D eigenvalue weighted by molar-refractivity contribution is -0.183. The van der Waals surface area contributed by atoms with E-state index < -0.39 is 36.1 Å². The fourth-order valence-corrected chi connectivity index (χ4v) is 3.09. The fraction of sp³-hybridized carbons (Fsp3) is 0.565. The van der Waals surface area contributed by atoms with Gasteiger partial charge in [0.25, 0.3) is 0 Å². The average molecular weight is 420 g/mol. The summed E-state index contributed by atoms with van der Waals surface area (Å²) in [5, 5.41) is 2.91. The molecule has 0 aromatic heterocycles. The standard InChI is InChI=1S/C23H33NO6/c1-23(2,3)30-22(26)24-18(16-17-10-6-5-7-11-17)19(13-14-20(25)27-4)29-21-12-8-9-15-28-21/h5-7,10-11,13-14,18-19,21H,8-9,12,15-16H2,1-4H3,(H,24,26)/b14-13+/t18-,19-,21?/m0/s1. The Bertz CT molecular complexity index is 691. The smallest absolute Gasteiger partial charge is 0.407 e. The number of rotatable bonds is 8. The van der Waals surface area contributed by atoms with Crippen LogP contribution in [0.4, 0.5) is 4.79 Å². The molecule has 3 atom stereocenters. The second kappa shape index (κ2) is 11.7. The lowest BCUT2D eigenvalue weighted by Gasteiger charge is -2.32. The first kappa shape index (κ1) is 23.9. The molecule has 7 heteroatoms. The van der Waals surface area contributed by atoms with Gasteiger partial charge in [0, 0.05) is 12.7 Å². The molecule has 1 aliphatic rings. The number of nitrogens with one attached hydrogen (secondary N) is 1. The van der Waals surface area contributed by atoms with Crippen LogP contribution in [0.3, 0.4) is 0 Å². The normalized spacial score (nSPS) is 19.1. The molecule has 0 radical (unpaired) electrons. The quantitative estimate of drug-likeness (QED) is 0.510. The van der Waals surface area contributed by atoms with Crippen LogP contribution in [0.5, 0.6) is 0 Å². The summed E-state index contributed by atoms with van der Waals surface area (Å²) in [5.41, 5.74) is 0.384. The number of hydrogen-bond acceptors (Lipinski definition) is 6. The van der Waals surface area contributed by atoms with Crippen molar-refractivity contribution in [2.75, 3.05) is 13.7 Å². The highest BCUT2D eigenvalue weighted by Gasteiger charge is 2.29. The number of esters is 1. The SMILES string of the molecule is COC(=O)/C=C/[C@H](OC1CCCCO1)[C@H](Cc1ccccc1)NC(=O)OC(C)(C)C. The number of ether oxygens (including phenoxy) is 4. The van der Waals surface area contributed by atoms with Crippen molar-refractivity contribution >= 4 is 12.1 Å². The van der Waals surface area contributed by atoms with Gasteiger partial charge in [-0.1, -0.05) is 30.3 Å². The first-order valence-electron chi connectivity index (χ1n) is 10.3. The fourth-order valence-electron chi connectivity index (χ4n) is 3.09. The Labute approximate surface area is 178 Å². The topological polar surface area (TPSA) is 83.1 Å². The maximum Gasteiger partial charge on any atom is 0.407 e. The largest absolute Gasteiger partial charge is 0.466 e. The average Bonchev–Trinajstić information content (AvgIpc) is 2.70. The molecule has 1 fully saturated rings. The molecule has 0 bridgehead atoms. The molecule has 30 heavy (non-hydrogen) atoms. The van der Waals surface area contributed by atoms with Crippen LogP contribution in [0.2, 0.25) is 0 Å². The van der Waals surface area contributed by atoms with Gasteiger partial charge in [0.1, 0.15) is 5.60 Å². The molecule has 0 aliphatic carbocycles. The van der Waals surface area contributed by atoms with E-state index in [2.05, 4.69) is 5.32 Å². The molecule has 7 nitrogen and oxygen atoms in total. The Morgan fingerprint density at radius 2 is 1.97 bits per heavy atom. The van der Waals surface area contributed by atoms with Gasteiger partial charge in [-0.2, -0.15) is 0 Å². The van der Waals surface area contributed by atoms with Gasteiger partial charge in [-0.25, -0.2) is 9.59 Å². The minimum absolute atomic E-state index is 0.398. The van der Waals surface area contributed by atoms with Crippen molar-refractivity contribution in [3.8, 4) is 0 Å². The number of hydrogen-bond donors (Lipinski definition) is 1. The van der Waals surface area contributed by atoms with E-state index in [1.807, 2.05) is 30.3 Å². The third-order valence-corrected chi connectivity index (χ3v) is 4.47. The maximum absolute atomic E-state index is 12.5. The molecule has 1 aromatic rings. The first-order chi connectivity index (χ1) is 14.3. The Balaban J connectivity index is 2.24. The van der Waals surface area contributed by atoms with E-state index in [-0.39, 0.29) is 0 Å².